The molecular weight excluding hydrogens is 346 g/mol. The number of imidazole rings is 1. The molecule has 26 heavy (non-hydrogen) atoms. The van der Waals surface area contributed by atoms with Crippen LogP contribution in [0.1, 0.15) is 0 Å². The van der Waals surface area contributed by atoms with E-state index in [1.165, 1.54) is 0 Å². The lowest BCUT2D eigenvalue weighted by Gasteiger charge is -2.05. The van der Waals surface area contributed by atoms with Crippen molar-refractivity contribution in [3.05, 3.63) is 67.5 Å². The van der Waals surface area contributed by atoms with Crippen molar-refractivity contribution in [2.45, 2.75) is 0 Å². The largest absolute Gasteiger partial charge is 0.329 e. The smallest absolute Gasteiger partial charge is 0.180 e. The predicted octanol–water partition coefficient (Wildman–Crippen LogP) is 3.99. The molecule has 7 nitrogen and oxygen atoms in total. The molecule has 0 atom stereocenters. The van der Waals surface area contributed by atoms with Crippen molar-refractivity contribution < 1.29 is 0 Å². The van der Waals surface area contributed by atoms with Crippen molar-refractivity contribution in [3.8, 4) is 21.8 Å². The van der Waals surface area contributed by atoms with Gasteiger partial charge in [-0.3, -0.25) is 14.5 Å². The van der Waals surface area contributed by atoms with Crippen LogP contribution in [0.2, 0.25) is 0 Å². The Bertz CT molecular complexity index is 1160. The molecule has 0 saturated heterocycles. The van der Waals surface area contributed by atoms with E-state index in [0.717, 1.165) is 32.5 Å². The van der Waals surface area contributed by atoms with E-state index in [1.54, 1.807) is 29.9 Å². The van der Waals surface area contributed by atoms with Gasteiger partial charge in [-0.05, 0) is 24.3 Å². The Morgan fingerprint density at radius 3 is 2.85 bits per heavy atom. The van der Waals surface area contributed by atoms with Gasteiger partial charge in [0.15, 0.2) is 11.5 Å². The molecule has 0 amide bonds. The molecule has 5 aromatic rings. The summed E-state index contributed by atoms with van der Waals surface area (Å²) in [7, 11) is 0. The fourth-order valence-electron chi connectivity index (χ4n) is 2.78. The van der Waals surface area contributed by atoms with E-state index in [-0.39, 0.29) is 0 Å². The second-order valence-corrected chi connectivity index (χ2v) is 6.69. The number of fused-ring (bicyclic) bond motifs is 1. The average molecular weight is 359 g/mol. The van der Waals surface area contributed by atoms with Gasteiger partial charge >= 0.3 is 0 Å². The number of hydrogen-bond donors (Lipinski definition) is 2. The van der Waals surface area contributed by atoms with Crippen molar-refractivity contribution in [2.24, 2.45) is 0 Å². The molecule has 5 rings (SSSR count). The van der Waals surface area contributed by atoms with Crippen molar-refractivity contribution in [2.75, 3.05) is 5.32 Å². The normalized spacial score (nSPS) is 11.1. The summed E-state index contributed by atoms with van der Waals surface area (Å²) in [6.07, 6.45) is 10.9. The van der Waals surface area contributed by atoms with Crippen molar-refractivity contribution in [3.63, 3.8) is 0 Å². The first-order valence-electron chi connectivity index (χ1n) is 7.98. The number of aromatic amines is 1. The molecular formula is C18H13N7S. The van der Waals surface area contributed by atoms with Gasteiger partial charge in [-0.1, -0.05) is 6.07 Å². The molecule has 126 valence electrons. The molecule has 0 fully saturated rings. The topological polar surface area (TPSA) is 83.8 Å². The summed E-state index contributed by atoms with van der Waals surface area (Å²) in [6, 6.07) is 9.98. The maximum atomic E-state index is 4.52. The van der Waals surface area contributed by atoms with Gasteiger partial charge in [0.25, 0.3) is 0 Å². The fraction of sp³-hybridized carbons (Fsp3) is 0. The highest BCUT2D eigenvalue weighted by atomic mass is 32.1. The minimum absolute atomic E-state index is 0.705. The number of hydrogen-bond acceptors (Lipinski definition) is 6. The Labute approximate surface area is 152 Å². The van der Waals surface area contributed by atoms with Crippen LogP contribution in [0.15, 0.2) is 67.5 Å². The molecule has 8 heteroatoms. The van der Waals surface area contributed by atoms with Crippen LogP contribution in [0.5, 0.6) is 0 Å². The van der Waals surface area contributed by atoms with Gasteiger partial charge in [0.05, 0.1) is 33.7 Å². The van der Waals surface area contributed by atoms with Crippen LogP contribution in [0.3, 0.4) is 0 Å². The SMILES string of the molecule is c1ccc(-c2ccc(Nc3nccn4c(-c5cn[nH]c5)cnc34)s2)nc1. The number of H-pyrrole nitrogens is 1. The molecule has 0 spiro atoms. The molecule has 0 bridgehead atoms. The lowest BCUT2D eigenvalue weighted by molar-refractivity contribution is 1.09. The van der Waals surface area contributed by atoms with Crippen LogP contribution in [-0.2, 0) is 0 Å². The summed E-state index contributed by atoms with van der Waals surface area (Å²) in [6.45, 7) is 0. The quantitative estimate of drug-likeness (QED) is 0.507. The molecule has 5 aromatic heterocycles. The maximum absolute atomic E-state index is 4.52. The zero-order valence-corrected chi connectivity index (χ0v) is 14.3. The van der Waals surface area contributed by atoms with E-state index in [2.05, 4.69) is 36.5 Å². The lowest BCUT2D eigenvalue weighted by Crippen LogP contribution is -1.97. The molecule has 0 saturated carbocycles. The minimum atomic E-state index is 0.705. The number of aromatic nitrogens is 6. The van der Waals surface area contributed by atoms with E-state index in [0.29, 0.717) is 5.82 Å². The second kappa shape index (κ2) is 6.08. The monoisotopic (exact) mass is 359 g/mol. The Morgan fingerprint density at radius 1 is 1.00 bits per heavy atom. The van der Waals surface area contributed by atoms with Gasteiger partial charge in [0.1, 0.15) is 0 Å². The van der Waals surface area contributed by atoms with Crippen molar-refractivity contribution in [1.29, 1.82) is 0 Å². The minimum Gasteiger partial charge on any atom is -0.329 e. The molecule has 0 radical (unpaired) electrons. The zero-order chi connectivity index (χ0) is 17.3. The zero-order valence-electron chi connectivity index (χ0n) is 13.5. The summed E-state index contributed by atoms with van der Waals surface area (Å²) in [5.74, 6) is 0.705. The van der Waals surface area contributed by atoms with Crippen LogP contribution in [0.4, 0.5) is 10.8 Å². The molecule has 0 aliphatic carbocycles. The predicted molar refractivity (Wildman–Crippen MR) is 101 cm³/mol. The lowest BCUT2D eigenvalue weighted by atomic mass is 10.3. The van der Waals surface area contributed by atoms with E-state index in [4.69, 9.17) is 0 Å². The third kappa shape index (κ3) is 2.52. The van der Waals surface area contributed by atoms with E-state index in [1.807, 2.05) is 47.3 Å². The van der Waals surface area contributed by atoms with E-state index in [9.17, 15) is 0 Å². The van der Waals surface area contributed by atoms with Gasteiger partial charge < -0.3 is 5.32 Å². The van der Waals surface area contributed by atoms with Crippen LogP contribution < -0.4 is 5.32 Å². The first-order chi connectivity index (χ1) is 12.9. The summed E-state index contributed by atoms with van der Waals surface area (Å²) in [5.41, 5.74) is 3.65. The molecule has 0 aromatic carbocycles. The number of thiophene rings is 1. The number of anilines is 2. The third-order valence-electron chi connectivity index (χ3n) is 3.99. The van der Waals surface area contributed by atoms with Crippen LogP contribution in [0.25, 0.3) is 27.5 Å². The maximum Gasteiger partial charge on any atom is 0.180 e. The Balaban J connectivity index is 1.50. The standard InChI is InChI=1S/C18H13N7S/c1-2-6-19-13(3-1)15-4-5-16(26-15)24-17-18-21-11-14(12-9-22-23-10-12)25(18)8-7-20-17/h1-11H,(H,20,24)(H,22,23). The van der Waals surface area contributed by atoms with Crippen molar-refractivity contribution in [1.82, 2.24) is 29.5 Å². The van der Waals surface area contributed by atoms with Crippen LogP contribution >= 0.6 is 11.3 Å². The van der Waals surface area contributed by atoms with Crippen LogP contribution in [-0.4, -0.2) is 29.5 Å². The molecule has 5 heterocycles. The van der Waals surface area contributed by atoms with Gasteiger partial charge in [-0.2, -0.15) is 5.10 Å². The molecule has 0 aliphatic rings. The number of pyridine rings is 1. The average Bonchev–Trinajstić information content (AvgIpc) is 3.43. The summed E-state index contributed by atoms with van der Waals surface area (Å²) < 4.78 is 1.99. The van der Waals surface area contributed by atoms with Gasteiger partial charge in [0, 0.05) is 30.4 Å². The Hall–Kier alpha value is -3.52. The van der Waals surface area contributed by atoms with Crippen molar-refractivity contribution >= 4 is 27.8 Å². The van der Waals surface area contributed by atoms with Gasteiger partial charge in [0.2, 0.25) is 0 Å². The summed E-state index contributed by atoms with van der Waals surface area (Å²) >= 11 is 1.63. The van der Waals surface area contributed by atoms with Gasteiger partial charge in [-0.25, -0.2) is 9.97 Å². The fourth-order valence-corrected chi connectivity index (χ4v) is 3.66. The Morgan fingerprint density at radius 2 is 2.00 bits per heavy atom. The first-order valence-corrected chi connectivity index (χ1v) is 8.79. The highest BCUT2D eigenvalue weighted by Gasteiger charge is 2.12. The molecule has 2 N–H and O–H groups in total. The Kier molecular flexibility index (Phi) is 3.46. The summed E-state index contributed by atoms with van der Waals surface area (Å²) in [4.78, 5) is 14.5. The summed E-state index contributed by atoms with van der Waals surface area (Å²) in [5, 5.41) is 11.2. The van der Waals surface area contributed by atoms with E-state index < -0.39 is 0 Å². The number of nitrogens with one attached hydrogen (secondary N) is 2. The number of rotatable bonds is 4. The van der Waals surface area contributed by atoms with Gasteiger partial charge in [-0.15, -0.1) is 11.3 Å². The first kappa shape index (κ1) is 14.8. The van der Waals surface area contributed by atoms with Crippen LogP contribution in [0, 0.1) is 0 Å². The second-order valence-electron chi connectivity index (χ2n) is 5.60. The molecule has 0 unspecified atom stereocenters. The van der Waals surface area contributed by atoms with E-state index >= 15 is 0 Å². The molecule has 0 aliphatic heterocycles. The highest BCUT2D eigenvalue weighted by Crippen LogP contribution is 2.32. The highest BCUT2D eigenvalue weighted by molar-refractivity contribution is 7.19. The third-order valence-corrected chi connectivity index (χ3v) is 5.01. The number of nitrogens with zero attached hydrogens (tertiary/aromatic N) is 5.